The van der Waals surface area contributed by atoms with Crippen molar-refractivity contribution in [3.8, 4) is 0 Å². The third-order valence-electron chi connectivity index (χ3n) is 5.47. The second-order valence-corrected chi connectivity index (χ2v) is 7.63. The molecule has 2 aromatic rings. The van der Waals surface area contributed by atoms with E-state index in [4.69, 9.17) is 0 Å². The summed E-state index contributed by atoms with van der Waals surface area (Å²) in [5.41, 5.74) is 2.04. The van der Waals surface area contributed by atoms with Crippen LogP contribution in [0.5, 0.6) is 0 Å². The zero-order valence-corrected chi connectivity index (χ0v) is 16.2. The predicted octanol–water partition coefficient (Wildman–Crippen LogP) is 0.779. The summed E-state index contributed by atoms with van der Waals surface area (Å²) in [7, 11) is 1.71. The standard InChI is InChI=1S/C20H25N5O3/c1-13-11-24(8-6-21-13)12-14-3-4-16-15(9-14)10-17(19(27)23(16)2)25-7-5-18(26)22-20(25)28/h3-4,9-10,13,21H,5-8,11-12H2,1-2H3,(H,22,26,28)/t13-/m0/s1. The van der Waals surface area contributed by atoms with E-state index in [1.807, 2.05) is 6.07 Å². The van der Waals surface area contributed by atoms with Crippen LogP contribution in [0.1, 0.15) is 18.9 Å². The number of imide groups is 1. The number of anilines is 1. The molecule has 3 amide bonds. The first kappa shape index (κ1) is 18.6. The monoisotopic (exact) mass is 383 g/mol. The van der Waals surface area contributed by atoms with E-state index in [0.29, 0.717) is 11.7 Å². The van der Waals surface area contributed by atoms with Crippen LogP contribution in [0.4, 0.5) is 10.5 Å². The maximum atomic E-state index is 12.8. The Labute approximate surface area is 163 Å². The average Bonchev–Trinajstić information content (AvgIpc) is 2.65. The molecule has 1 aromatic heterocycles. The van der Waals surface area contributed by atoms with Gasteiger partial charge < -0.3 is 9.88 Å². The first-order chi connectivity index (χ1) is 13.4. The number of carbonyl (C=O) groups excluding carboxylic acids is 2. The molecule has 8 heteroatoms. The Hall–Kier alpha value is -2.71. The molecule has 2 saturated heterocycles. The number of urea groups is 1. The normalized spacial score (nSPS) is 21.2. The van der Waals surface area contributed by atoms with Crippen LogP contribution in [-0.4, -0.2) is 53.6 Å². The van der Waals surface area contributed by atoms with Crippen molar-refractivity contribution in [2.75, 3.05) is 31.1 Å². The molecule has 2 aliphatic rings. The molecular formula is C20H25N5O3. The van der Waals surface area contributed by atoms with Gasteiger partial charge in [-0.25, -0.2) is 4.79 Å². The Kier molecular flexibility index (Phi) is 4.91. The van der Waals surface area contributed by atoms with E-state index in [1.54, 1.807) is 17.7 Å². The number of carbonyl (C=O) groups is 2. The summed E-state index contributed by atoms with van der Waals surface area (Å²) in [6, 6.07) is 7.79. The largest absolute Gasteiger partial charge is 0.328 e. The molecule has 0 bridgehead atoms. The molecule has 1 atom stereocenters. The third kappa shape index (κ3) is 3.53. The van der Waals surface area contributed by atoms with Crippen LogP contribution in [-0.2, 0) is 18.4 Å². The Morgan fingerprint density at radius 2 is 1.96 bits per heavy atom. The van der Waals surface area contributed by atoms with Crippen molar-refractivity contribution >= 4 is 28.5 Å². The van der Waals surface area contributed by atoms with Crippen molar-refractivity contribution in [1.82, 2.24) is 20.1 Å². The van der Waals surface area contributed by atoms with Crippen molar-refractivity contribution in [1.29, 1.82) is 0 Å². The van der Waals surface area contributed by atoms with Crippen molar-refractivity contribution in [3.63, 3.8) is 0 Å². The molecule has 0 radical (unpaired) electrons. The number of hydrogen-bond acceptors (Lipinski definition) is 5. The summed E-state index contributed by atoms with van der Waals surface area (Å²) in [4.78, 5) is 40.2. The van der Waals surface area contributed by atoms with Crippen LogP contribution in [0.25, 0.3) is 10.9 Å². The van der Waals surface area contributed by atoms with Gasteiger partial charge in [-0.15, -0.1) is 0 Å². The smallest absolute Gasteiger partial charge is 0.312 e. The fourth-order valence-electron chi connectivity index (χ4n) is 4.02. The van der Waals surface area contributed by atoms with Crippen LogP contribution in [0.15, 0.2) is 29.1 Å². The van der Waals surface area contributed by atoms with Crippen molar-refractivity contribution in [2.45, 2.75) is 25.9 Å². The lowest BCUT2D eigenvalue weighted by Crippen LogP contribution is -2.51. The van der Waals surface area contributed by atoms with Crippen molar-refractivity contribution in [3.05, 3.63) is 40.2 Å². The zero-order chi connectivity index (χ0) is 19.8. The lowest BCUT2D eigenvalue weighted by atomic mass is 10.1. The molecule has 3 heterocycles. The summed E-state index contributed by atoms with van der Waals surface area (Å²) in [5.74, 6) is -0.314. The number of fused-ring (bicyclic) bond motifs is 1. The number of nitrogens with zero attached hydrogens (tertiary/aromatic N) is 3. The Morgan fingerprint density at radius 3 is 2.71 bits per heavy atom. The van der Waals surface area contributed by atoms with Crippen molar-refractivity contribution in [2.24, 2.45) is 7.05 Å². The highest BCUT2D eigenvalue weighted by Gasteiger charge is 2.27. The number of amides is 3. The van der Waals surface area contributed by atoms with E-state index < -0.39 is 6.03 Å². The van der Waals surface area contributed by atoms with Gasteiger partial charge in [-0.1, -0.05) is 6.07 Å². The Bertz CT molecular complexity index is 999. The van der Waals surface area contributed by atoms with Gasteiger partial charge in [0.1, 0.15) is 5.69 Å². The van der Waals surface area contributed by atoms with Gasteiger partial charge in [0.15, 0.2) is 0 Å². The van der Waals surface area contributed by atoms with Gasteiger partial charge in [0.25, 0.3) is 5.56 Å². The molecule has 0 unspecified atom stereocenters. The summed E-state index contributed by atoms with van der Waals surface area (Å²) < 4.78 is 1.56. The second kappa shape index (κ2) is 7.37. The number of benzene rings is 1. The molecule has 28 heavy (non-hydrogen) atoms. The topological polar surface area (TPSA) is 86.7 Å². The highest BCUT2D eigenvalue weighted by atomic mass is 16.2. The van der Waals surface area contributed by atoms with Gasteiger partial charge in [-0.3, -0.25) is 24.7 Å². The van der Waals surface area contributed by atoms with E-state index in [1.165, 1.54) is 10.5 Å². The fraction of sp³-hybridized carbons (Fsp3) is 0.450. The molecular weight excluding hydrogens is 358 g/mol. The van der Waals surface area contributed by atoms with Gasteiger partial charge in [-0.2, -0.15) is 0 Å². The van der Waals surface area contributed by atoms with Crippen LogP contribution in [0.2, 0.25) is 0 Å². The van der Waals surface area contributed by atoms with E-state index >= 15 is 0 Å². The summed E-state index contributed by atoms with van der Waals surface area (Å²) in [6.07, 6.45) is 0.189. The number of aromatic nitrogens is 1. The van der Waals surface area contributed by atoms with Crippen LogP contribution in [0.3, 0.4) is 0 Å². The minimum atomic E-state index is -0.543. The number of pyridine rings is 1. The molecule has 8 nitrogen and oxygen atoms in total. The highest BCUT2D eigenvalue weighted by Crippen LogP contribution is 2.22. The van der Waals surface area contributed by atoms with Gasteiger partial charge in [-0.05, 0) is 30.7 Å². The Balaban J connectivity index is 1.68. The molecule has 2 aliphatic heterocycles. The highest BCUT2D eigenvalue weighted by molar-refractivity contribution is 6.06. The van der Waals surface area contributed by atoms with Crippen LogP contribution in [0, 0.1) is 0 Å². The molecule has 0 saturated carbocycles. The van der Waals surface area contributed by atoms with Gasteiger partial charge in [0.2, 0.25) is 5.91 Å². The summed E-state index contributed by atoms with van der Waals surface area (Å²) in [6.45, 7) is 6.23. The SMILES string of the molecule is C[C@H]1CN(Cc2ccc3c(c2)cc(N2CCC(=O)NC2=O)c(=O)n3C)CCN1. The first-order valence-corrected chi connectivity index (χ1v) is 9.62. The fourth-order valence-corrected chi connectivity index (χ4v) is 4.02. The maximum absolute atomic E-state index is 12.8. The third-order valence-corrected chi connectivity index (χ3v) is 5.47. The molecule has 4 rings (SSSR count). The van der Waals surface area contributed by atoms with Gasteiger partial charge >= 0.3 is 6.03 Å². The van der Waals surface area contributed by atoms with E-state index in [0.717, 1.165) is 37.1 Å². The predicted molar refractivity (Wildman–Crippen MR) is 107 cm³/mol. The van der Waals surface area contributed by atoms with Crippen LogP contribution >= 0.6 is 0 Å². The number of nitrogens with one attached hydrogen (secondary N) is 2. The zero-order valence-electron chi connectivity index (χ0n) is 16.2. The summed E-state index contributed by atoms with van der Waals surface area (Å²) >= 11 is 0. The molecule has 0 aliphatic carbocycles. The lowest BCUT2D eigenvalue weighted by Gasteiger charge is -2.32. The lowest BCUT2D eigenvalue weighted by molar-refractivity contribution is -0.120. The molecule has 0 spiro atoms. The summed E-state index contributed by atoms with van der Waals surface area (Å²) in [5, 5.41) is 6.63. The van der Waals surface area contributed by atoms with Crippen LogP contribution < -0.4 is 21.1 Å². The quantitative estimate of drug-likeness (QED) is 0.818. The molecule has 2 fully saturated rings. The van der Waals surface area contributed by atoms with E-state index in [9.17, 15) is 14.4 Å². The molecule has 148 valence electrons. The van der Waals surface area contributed by atoms with E-state index in [2.05, 4.69) is 34.6 Å². The number of hydrogen-bond donors (Lipinski definition) is 2. The number of aryl methyl sites for hydroxylation is 1. The van der Waals surface area contributed by atoms with Gasteiger partial charge in [0, 0.05) is 57.6 Å². The number of rotatable bonds is 3. The average molecular weight is 383 g/mol. The molecule has 1 aromatic carbocycles. The number of piperazine rings is 1. The van der Waals surface area contributed by atoms with E-state index in [-0.39, 0.29) is 24.4 Å². The first-order valence-electron chi connectivity index (χ1n) is 9.62. The van der Waals surface area contributed by atoms with Gasteiger partial charge in [0.05, 0.1) is 5.52 Å². The molecule has 2 N–H and O–H groups in total. The second-order valence-electron chi connectivity index (χ2n) is 7.63. The maximum Gasteiger partial charge on any atom is 0.328 e. The minimum absolute atomic E-state index is 0.189. The van der Waals surface area contributed by atoms with Crippen molar-refractivity contribution < 1.29 is 9.59 Å². The Morgan fingerprint density at radius 1 is 1.14 bits per heavy atom. The minimum Gasteiger partial charge on any atom is -0.312 e.